The van der Waals surface area contributed by atoms with E-state index in [4.69, 9.17) is 0 Å². The summed E-state index contributed by atoms with van der Waals surface area (Å²) >= 11 is 0. The molecule has 1 heterocycles. The van der Waals surface area contributed by atoms with Crippen LogP contribution in [0.1, 0.15) is 33.1 Å². The zero-order chi connectivity index (χ0) is 8.97. The van der Waals surface area contributed by atoms with Crippen molar-refractivity contribution in [3.8, 4) is 0 Å². The van der Waals surface area contributed by atoms with Gasteiger partial charge in [0.2, 0.25) is 0 Å². The minimum Gasteiger partial charge on any atom is -0.311 e. The standard InChI is InChI=1S/C8H16N2.C2H6/c1-10-6-5-9-7-3-2-4-8(7)10;1-2/h7-9H,2-6H2,1H3;1-2H3. The predicted molar refractivity (Wildman–Crippen MR) is 53.4 cm³/mol. The number of hydrogen-bond acceptors (Lipinski definition) is 2. The number of rotatable bonds is 0. The molecule has 1 saturated carbocycles. The Kier molecular flexibility index (Phi) is 4.02. The molecule has 12 heavy (non-hydrogen) atoms. The molecule has 2 atom stereocenters. The van der Waals surface area contributed by atoms with Crippen molar-refractivity contribution in [1.82, 2.24) is 10.2 Å². The maximum Gasteiger partial charge on any atom is 0.0246 e. The monoisotopic (exact) mass is 170 g/mol. The Labute approximate surface area is 76.3 Å². The molecule has 1 aliphatic heterocycles. The third kappa shape index (κ3) is 1.99. The molecule has 0 amide bonds. The van der Waals surface area contributed by atoms with Crippen molar-refractivity contribution in [2.75, 3.05) is 20.1 Å². The summed E-state index contributed by atoms with van der Waals surface area (Å²) < 4.78 is 0. The lowest BCUT2D eigenvalue weighted by Gasteiger charge is -2.35. The Hall–Kier alpha value is -0.0800. The molecular weight excluding hydrogens is 148 g/mol. The number of fused-ring (bicyclic) bond motifs is 1. The maximum absolute atomic E-state index is 3.57. The predicted octanol–water partition coefficient (Wildman–Crippen LogP) is 1.47. The van der Waals surface area contributed by atoms with E-state index in [9.17, 15) is 0 Å². The smallest absolute Gasteiger partial charge is 0.0246 e. The summed E-state index contributed by atoms with van der Waals surface area (Å²) in [6, 6.07) is 1.67. The Balaban J connectivity index is 0.000000336. The van der Waals surface area contributed by atoms with Crippen molar-refractivity contribution in [2.24, 2.45) is 0 Å². The quantitative estimate of drug-likeness (QED) is 0.592. The summed E-state index contributed by atoms with van der Waals surface area (Å²) in [5, 5.41) is 3.57. The third-order valence-corrected chi connectivity index (χ3v) is 2.92. The fraction of sp³-hybridized carbons (Fsp3) is 1.00. The zero-order valence-electron chi connectivity index (χ0n) is 8.64. The van der Waals surface area contributed by atoms with Crippen molar-refractivity contribution >= 4 is 0 Å². The summed E-state index contributed by atoms with van der Waals surface area (Å²) in [6.07, 6.45) is 4.23. The first-order chi connectivity index (χ1) is 5.88. The fourth-order valence-electron chi connectivity index (χ4n) is 2.30. The minimum absolute atomic E-state index is 0.818. The summed E-state index contributed by atoms with van der Waals surface area (Å²) in [6.45, 7) is 6.43. The Morgan fingerprint density at radius 2 is 2.00 bits per heavy atom. The second kappa shape index (κ2) is 4.83. The van der Waals surface area contributed by atoms with Crippen molar-refractivity contribution < 1.29 is 0 Å². The largest absolute Gasteiger partial charge is 0.311 e. The van der Waals surface area contributed by atoms with Gasteiger partial charge in [0, 0.05) is 25.2 Å². The SMILES string of the molecule is CC.CN1CCNC2CCCC21. The average molecular weight is 170 g/mol. The van der Waals surface area contributed by atoms with Crippen molar-refractivity contribution in [3.63, 3.8) is 0 Å². The molecule has 2 unspecified atom stereocenters. The molecule has 1 aliphatic carbocycles. The number of nitrogens with one attached hydrogen (secondary N) is 1. The lowest BCUT2D eigenvalue weighted by molar-refractivity contribution is 0.171. The average Bonchev–Trinajstić information content (AvgIpc) is 2.57. The highest BCUT2D eigenvalue weighted by Gasteiger charge is 2.32. The molecule has 0 radical (unpaired) electrons. The van der Waals surface area contributed by atoms with Crippen LogP contribution in [0.2, 0.25) is 0 Å². The molecule has 2 nitrogen and oxygen atoms in total. The van der Waals surface area contributed by atoms with Gasteiger partial charge < -0.3 is 10.2 Å². The molecule has 0 aromatic carbocycles. The Morgan fingerprint density at radius 3 is 2.67 bits per heavy atom. The van der Waals surface area contributed by atoms with Crippen LogP contribution < -0.4 is 5.32 Å². The molecule has 72 valence electrons. The number of nitrogens with zero attached hydrogens (tertiary/aromatic N) is 1. The van der Waals surface area contributed by atoms with Gasteiger partial charge in [0.25, 0.3) is 0 Å². The van der Waals surface area contributed by atoms with E-state index in [0.29, 0.717) is 0 Å². The first-order valence-corrected chi connectivity index (χ1v) is 5.31. The van der Waals surface area contributed by atoms with E-state index in [1.165, 1.54) is 32.4 Å². The van der Waals surface area contributed by atoms with Crippen molar-refractivity contribution in [2.45, 2.75) is 45.2 Å². The highest BCUT2D eigenvalue weighted by Crippen LogP contribution is 2.24. The van der Waals surface area contributed by atoms with E-state index >= 15 is 0 Å². The lowest BCUT2D eigenvalue weighted by atomic mass is 10.1. The lowest BCUT2D eigenvalue weighted by Crippen LogP contribution is -2.53. The zero-order valence-corrected chi connectivity index (χ0v) is 8.64. The van der Waals surface area contributed by atoms with Gasteiger partial charge in [0.05, 0.1) is 0 Å². The van der Waals surface area contributed by atoms with Gasteiger partial charge >= 0.3 is 0 Å². The van der Waals surface area contributed by atoms with Crippen LogP contribution in [0.3, 0.4) is 0 Å². The summed E-state index contributed by atoms with van der Waals surface area (Å²) in [7, 11) is 2.25. The Bertz CT molecular complexity index is 125. The second-order valence-corrected chi connectivity index (χ2v) is 3.54. The molecule has 1 saturated heterocycles. The topological polar surface area (TPSA) is 15.3 Å². The van der Waals surface area contributed by atoms with Crippen LogP contribution in [0.4, 0.5) is 0 Å². The summed E-state index contributed by atoms with van der Waals surface area (Å²) in [5.74, 6) is 0. The fourth-order valence-corrected chi connectivity index (χ4v) is 2.30. The maximum atomic E-state index is 3.57. The minimum atomic E-state index is 0.818. The molecule has 2 fully saturated rings. The third-order valence-electron chi connectivity index (χ3n) is 2.92. The van der Waals surface area contributed by atoms with Gasteiger partial charge in [-0.3, -0.25) is 0 Å². The molecule has 1 N–H and O–H groups in total. The molecule has 0 bridgehead atoms. The second-order valence-electron chi connectivity index (χ2n) is 3.54. The van der Waals surface area contributed by atoms with Crippen LogP contribution in [0, 0.1) is 0 Å². The molecule has 0 aromatic rings. The van der Waals surface area contributed by atoms with Crippen molar-refractivity contribution in [3.05, 3.63) is 0 Å². The highest BCUT2D eigenvalue weighted by molar-refractivity contribution is 4.92. The van der Waals surface area contributed by atoms with Crippen LogP contribution in [-0.4, -0.2) is 37.1 Å². The van der Waals surface area contributed by atoms with Crippen LogP contribution in [-0.2, 0) is 0 Å². The normalized spacial score (nSPS) is 35.2. The van der Waals surface area contributed by atoms with Gasteiger partial charge in [0.1, 0.15) is 0 Å². The van der Waals surface area contributed by atoms with Crippen LogP contribution in [0.15, 0.2) is 0 Å². The van der Waals surface area contributed by atoms with Gasteiger partial charge in [-0.25, -0.2) is 0 Å². The molecule has 0 aromatic heterocycles. The van der Waals surface area contributed by atoms with Gasteiger partial charge in [-0.05, 0) is 19.9 Å². The number of hydrogen-bond donors (Lipinski definition) is 1. The summed E-state index contributed by atoms with van der Waals surface area (Å²) in [4.78, 5) is 2.51. The van der Waals surface area contributed by atoms with Crippen LogP contribution in [0.25, 0.3) is 0 Å². The molecule has 2 aliphatic rings. The number of likely N-dealkylation sites (N-methyl/N-ethyl adjacent to an activating group) is 1. The van der Waals surface area contributed by atoms with E-state index in [2.05, 4.69) is 17.3 Å². The number of piperazine rings is 1. The summed E-state index contributed by atoms with van der Waals surface area (Å²) in [5.41, 5.74) is 0. The van der Waals surface area contributed by atoms with Gasteiger partial charge in [-0.15, -0.1) is 0 Å². The molecule has 0 spiro atoms. The van der Waals surface area contributed by atoms with Gasteiger partial charge in [0.15, 0.2) is 0 Å². The van der Waals surface area contributed by atoms with Gasteiger partial charge in [-0.2, -0.15) is 0 Å². The van der Waals surface area contributed by atoms with E-state index in [1.807, 2.05) is 13.8 Å². The molecular formula is C10H22N2. The first kappa shape index (κ1) is 10.0. The van der Waals surface area contributed by atoms with E-state index in [1.54, 1.807) is 0 Å². The molecule has 2 rings (SSSR count). The Morgan fingerprint density at radius 1 is 1.25 bits per heavy atom. The van der Waals surface area contributed by atoms with E-state index in [0.717, 1.165) is 12.1 Å². The van der Waals surface area contributed by atoms with Crippen LogP contribution >= 0.6 is 0 Å². The molecule has 2 heteroatoms. The van der Waals surface area contributed by atoms with E-state index in [-0.39, 0.29) is 0 Å². The first-order valence-electron chi connectivity index (χ1n) is 5.31. The van der Waals surface area contributed by atoms with Crippen LogP contribution in [0.5, 0.6) is 0 Å². The van der Waals surface area contributed by atoms with Gasteiger partial charge in [-0.1, -0.05) is 20.3 Å². The highest BCUT2D eigenvalue weighted by atomic mass is 15.2. The van der Waals surface area contributed by atoms with E-state index < -0.39 is 0 Å². The van der Waals surface area contributed by atoms with Crippen molar-refractivity contribution in [1.29, 1.82) is 0 Å².